The van der Waals surface area contributed by atoms with Crippen molar-refractivity contribution in [2.45, 2.75) is 65.5 Å². The molecule has 0 aliphatic rings. The molecule has 0 fully saturated rings. The molecule has 0 bridgehead atoms. The molecule has 0 saturated heterocycles. The van der Waals surface area contributed by atoms with E-state index < -0.39 is 14.9 Å². The van der Waals surface area contributed by atoms with E-state index in [1.54, 1.807) is 0 Å². The maximum absolute atomic E-state index is 8.01. The molecule has 0 N–H and O–H groups in total. The molecule has 259 valence electrons. The number of furan rings is 1. The number of fused-ring (bicyclic) bond motifs is 7. The molecule has 0 spiro atoms. The molecule has 5 aromatic carbocycles. The Morgan fingerprint density at radius 2 is 1.49 bits per heavy atom. The first-order chi connectivity index (χ1) is 25.3. The average Bonchev–Trinajstić information content (AvgIpc) is 3.56. The summed E-state index contributed by atoms with van der Waals surface area (Å²) >= 11 is 0. The molecule has 3 heterocycles. The van der Waals surface area contributed by atoms with E-state index in [0.717, 1.165) is 72.9 Å². The monoisotopic (exact) mass is 864 g/mol. The van der Waals surface area contributed by atoms with Crippen molar-refractivity contribution in [3.05, 3.63) is 139 Å². The normalized spacial score (nSPS) is 12.9. The predicted octanol–water partition coefficient (Wildman–Crippen LogP) is 12.2. The summed E-state index contributed by atoms with van der Waals surface area (Å²) in [7, 11) is -1.96. The van der Waals surface area contributed by atoms with Gasteiger partial charge in [0.2, 0.25) is 0 Å². The number of hydrogen-bond donors (Lipinski definition) is 0. The van der Waals surface area contributed by atoms with Crippen LogP contribution >= 0.6 is 0 Å². The van der Waals surface area contributed by atoms with Gasteiger partial charge in [0.1, 0.15) is 5.58 Å². The van der Waals surface area contributed by atoms with Gasteiger partial charge in [0.15, 0.2) is 0 Å². The van der Waals surface area contributed by atoms with Gasteiger partial charge in [-0.15, -0.1) is 54.1 Å². The molecule has 8 rings (SSSR count). The van der Waals surface area contributed by atoms with Gasteiger partial charge in [-0.1, -0.05) is 117 Å². The molecule has 51 heavy (non-hydrogen) atoms. The Hall–Kier alpha value is -4.41. The molecule has 8 aromatic rings. The summed E-state index contributed by atoms with van der Waals surface area (Å²) in [6.07, 6.45) is 5.72. The number of pyridine rings is 2. The molecular weight excluding hydrogens is 817 g/mol. The van der Waals surface area contributed by atoms with Crippen LogP contribution in [0.4, 0.5) is 0 Å². The summed E-state index contributed by atoms with van der Waals surface area (Å²) < 4.78 is 30.6. The minimum absolute atomic E-state index is 0. The summed E-state index contributed by atoms with van der Waals surface area (Å²) in [4.78, 5) is 9.05. The van der Waals surface area contributed by atoms with Crippen molar-refractivity contribution < 1.29 is 28.6 Å². The number of aryl methyl sites for hydroxylation is 1. The molecule has 0 unspecified atom stereocenters. The molecule has 3 aromatic heterocycles. The molecule has 0 aliphatic heterocycles. The SMILES string of the molecule is CCC(C)(CC)c1ccnc(-c2[c-]cccc2)c1.[2H]C([2H])([2H])c1cnc(-c2[c-]ccc3c2oc2c3ccc3ccc4ccccc4c32)cc1[Si](C)(C)C.[Ir]. The van der Waals surface area contributed by atoms with E-state index in [9.17, 15) is 0 Å². The van der Waals surface area contributed by atoms with Crippen LogP contribution in [0, 0.1) is 19.0 Å². The maximum Gasteiger partial charge on any atom is 0.129 e. The van der Waals surface area contributed by atoms with Gasteiger partial charge in [-0.3, -0.25) is 0 Å². The third-order valence-electron chi connectivity index (χ3n) is 10.3. The number of rotatable bonds is 6. The van der Waals surface area contributed by atoms with Crippen molar-refractivity contribution in [3.8, 4) is 22.5 Å². The first-order valence-electron chi connectivity index (χ1n) is 18.9. The number of nitrogens with zero attached hydrogens (tertiary/aromatic N) is 2. The van der Waals surface area contributed by atoms with E-state index >= 15 is 0 Å². The van der Waals surface area contributed by atoms with Gasteiger partial charge in [-0.05, 0) is 69.8 Å². The van der Waals surface area contributed by atoms with Crippen molar-refractivity contribution in [2.75, 3.05) is 0 Å². The molecule has 0 atom stereocenters. The van der Waals surface area contributed by atoms with E-state index in [2.05, 4.69) is 123 Å². The summed E-state index contributed by atoms with van der Waals surface area (Å²) in [5.74, 6) is 0. The van der Waals surface area contributed by atoms with Gasteiger partial charge in [-0.2, -0.15) is 0 Å². The van der Waals surface area contributed by atoms with Crippen LogP contribution in [0.5, 0.6) is 0 Å². The first-order valence-corrected chi connectivity index (χ1v) is 20.9. The number of aromatic nitrogens is 2. The first kappa shape index (κ1) is 32.5. The van der Waals surface area contributed by atoms with Gasteiger partial charge in [0.25, 0.3) is 0 Å². The van der Waals surface area contributed by atoms with E-state index in [1.807, 2.05) is 48.7 Å². The molecule has 5 heteroatoms. The molecule has 0 saturated carbocycles. The predicted molar refractivity (Wildman–Crippen MR) is 215 cm³/mol. The fraction of sp³-hybridized carbons (Fsp3) is 0.217. The topological polar surface area (TPSA) is 38.9 Å². The average molecular weight is 864 g/mol. The summed E-state index contributed by atoms with van der Waals surface area (Å²) in [5.41, 5.74) is 7.04. The largest absolute Gasteiger partial charge is 0.500 e. The second kappa shape index (κ2) is 14.7. The van der Waals surface area contributed by atoms with Crippen LogP contribution in [0.1, 0.15) is 48.9 Å². The van der Waals surface area contributed by atoms with E-state index in [1.165, 1.54) is 17.1 Å². The third-order valence-corrected chi connectivity index (χ3v) is 12.3. The van der Waals surface area contributed by atoms with Gasteiger partial charge in [-0.25, -0.2) is 0 Å². The van der Waals surface area contributed by atoms with Crippen LogP contribution < -0.4 is 5.19 Å². The zero-order valence-corrected chi connectivity index (χ0v) is 33.4. The fourth-order valence-corrected chi connectivity index (χ4v) is 8.30. The fourth-order valence-electron chi connectivity index (χ4n) is 6.85. The molecule has 1 radical (unpaired) electrons. The minimum Gasteiger partial charge on any atom is -0.500 e. The van der Waals surface area contributed by atoms with Gasteiger partial charge < -0.3 is 14.4 Å². The van der Waals surface area contributed by atoms with Crippen molar-refractivity contribution >= 4 is 56.7 Å². The van der Waals surface area contributed by atoms with Crippen LogP contribution in [-0.4, -0.2) is 18.0 Å². The van der Waals surface area contributed by atoms with Crippen molar-refractivity contribution in [2.24, 2.45) is 0 Å². The minimum atomic E-state index is -2.20. The smallest absolute Gasteiger partial charge is 0.129 e. The van der Waals surface area contributed by atoms with Crippen LogP contribution in [0.15, 0.2) is 120 Å². The van der Waals surface area contributed by atoms with Crippen LogP contribution in [0.25, 0.3) is 66.0 Å². The summed E-state index contributed by atoms with van der Waals surface area (Å²) in [5, 5.41) is 7.48. The Morgan fingerprint density at radius 3 is 2.24 bits per heavy atom. The number of hydrogen-bond acceptors (Lipinski definition) is 3. The summed E-state index contributed by atoms with van der Waals surface area (Å²) in [6, 6.07) is 41.6. The Balaban J connectivity index is 0.000000222. The summed E-state index contributed by atoms with van der Waals surface area (Å²) in [6.45, 7) is 11.1. The van der Waals surface area contributed by atoms with E-state index in [0.29, 0.717) is 11.3 Å². The Kier molecular flexibility index (Phi) is 9.35. The molecule has 3 nitrogen and oxygen atoms in total. The number of benzene rings is 5. The van der Waals surface area contributed by atoms with Crippen LogP contribution in [-0.2, 0) is 25.5 Å². The van der Waals surface area contributed by atoms with Crippen molar-refractivity contribution in [1.29, 1.82) is 0 Å². The third kappa shape index (κ3) is 6.96. The second-order valence-corrected chi connectivity index (χ2v) is 19.4. The Bertz CT molecular complexity index is 2590. The van der Waals surface area contributed by atoms with Crippen LogP contribution in [0.3, 0.4) is 0 Å². The van der Waals surface area contributed by atoms with Gasteiger partial charge in [0.05, 0.1) is 13.7 Å². The quantitative estimate of drug-likeness (QED) is 0.0950. The van der Waals surface area contributed by atoms with E-state index in [4.69, 9.17) is 8.53 Å². The van der Waals surface area contributed by atoms with Crippen molar-refractivity contribution in [3.63, 3.8) is 0 Å². The van der Waals surface area contributed by atoms with Gasteiger partial charge >= 0.3 is 0 Å². The molecular formula is C46H44IrN2OSi-2. The zero-order chi connectivity index (χ0) is 37.5. The Labute approximate surface area is 320 Å². The van der Waals surface area contributed by atoms with Crippen molar-refractivity contribution in [1.82, 2.24) is 9.97 Å². The maximum atomic E-state index is 8.01. The standard InChI is InChI=1S/C29H24NOSi.C17H20N.Ir/c1-18-17-30-25(16-26(18)32(2,3)4)24-11-7-10-22-23-15-14-20-13-12-19-8-5-6-9-21(19)27(20)29(23)31-28(22)24;1-4-17(3,5-2)15-11-12-18-16(13-15)14-9-7-6-8-10-14;/h5-10,12-17H,1-4H3;6-9,11-13H,4-5H2,1-3H3;/q2*-1;/i1D3;;. The molecule has 0 aliphatic carbocycles. The second-order valence-electron chi connectivity index (χ2n) is 14.4. The Morgan fingerprint density at radius 1 is 0.745 bits per heavy atom. The van der Waals surface area contributed by atoms with Gasteiger partial charge in [0, 0.05) is 47.4 Å². The zero-order valence-electron chi connectivity index (χ0n) is 33.0. The molecule has 0 amide bonds. The van der Waals surface area contributed by atoms with E-state index in [-0.39, 0.29) is 25.5 Å². The van der Waals surface area contributed by atoms with Crippen LogP contribution in [0.2, 0.25) is 19.6 Å².